The fourth-order valence-electron chi connectivity index (χ4n) is 2.32. The second kappa shape index (κ2) is 6.91. The van der Waals surface area contributed by atoms with Crippen LogP contribution in [0.3, 0.4) is 0 Å². The van der Waals surface area contributed by atoms with Crippen LogP contribution in [-0.4, -0.2) is 54.3 Å². The number of hydrogen-bond acceptors (Lipinski definition) is 3. The van der Waals surface area contributed by atoms with Gasteiger partial charge in [-0.25, -0.2) is 0 Å². The summed E-state index contributed by atoms with van der Waals surface area (Å²) < 4.78 is 0. The lowest BCUT2D eigenvalue weighted by atomic mass is 10.1. The van der Waals surface area contributed by atoms with Crippen molar-refractivity contribution in [2.75, 3.05) is 32.7 Å². The Bertz CT molecular complexity index is 593. The quantitative estimate of drug-likeness (QED) is 0.755. The molecule has 5 nitrogen and oxygen atoms in total. The maximum absolute atomic E-state index is 12.6. The van der Waals surface area contributed by atoms with Crippen LogP contribution in [0.5, 0.6) is 0 Å². The van der Waals surface area contributed by atoms with Gasteiger partial charge < -0.3 is 15.5 Å². The first kappa shape index (κ1) is 15.1. The third kappa shape index (κ3) is 3.61. The van der Waals surface area contributed by atoms with Crippen molar-refractivity contribution < 1.29 is 9.59 Å². The molecule has 0 atom stereocenters. The maximum Gasteiger partial charge on any atom is 0.255 e. The molecular weight excluding hydrogens is 266 g/mol. The van der Waals surface area contributed by atoms with Gasteiger partial charge in [0.2, 0.25) is 5.91 Å². The zero-order valence-corrected chi connectivity index (χ0v) is 12.1. The molecule has 0 spiro atoms. The van der Waals surface area contributed by atoms with E-state index in [2.05, 4.69) is 11.8 Å². The second-order valence-electron chi connectivity index (χ2n) is 4.85. The van der Waals surface area contributed by atoms with Gasteiger partial charge in [-0.3, -0.25) is 9.59 Å². The Balaban J connectivity index is 2.13. The SMILES string of the molecule is CC(=O)N1CCN(C(=O)c2ccccc2C#CCN)CC1. The molecule has 1 aromatic carbocycles. The fourth-order valence-corrected chi connectivity index (χ4v) is 2.32. The zero-order chi connectivity index (χ0) is 15.2. The lowest BCUT2D eigenvalue weighted by molar-refractivity contribution is -0.130. The average molecular weight is 285 g/mol. The molecule has 110 valence electrons. The number of carbonyl (C=O) groups is 2. The first-order chi connectivity index (χ1) is 10.1. The van der Waals surface area contributed by atoms with Crippen LogP contribution in [0.2, 0.25) is 0 Å². The Morgan fingerprint density at radius 1 is 1.14 bits per heavy atom. The number of benzene rings is 1. The molecule has 1 fully saturated rings. The van der Waals surface area contributed by atoms with Gasteiger partial charge in [0.25, 0.3) is 5.91 Å². The molecule has 2 rings (SSSR count). The molecule has 0 bridgehead atoms. The van der Waals surface area contributed by atoms with Crippen LogP contribution in [-0.2, 0) is 4.79 Å². The van der Waals surface area contributed by atoms with Crippen molar-refractivity contribution in [3.05, 3.63) is 35.4 Å². The standard InChI is InChI=1S/C16H19N3O2/c1-13(20)18-9-11-19(12-10-18)16(21)15-7-3-2-5-14(15)6-4-8-17/h2-3,5,7H,8-12,17H2,1H3. The molecule has 0 saturated carbocycles. The van der Waals surface area contributed by atoms with Crippen LogP contribution >= 0.6 is 0 Å². The van der Waals surface area contributed by atoms with E-state index in [0.717, 1.165) is 0 Å². The van der Waals surface area contributed by atoms with E-state index >= 15 is 0 Å². The third-order valence-electron chi connectivity index (χ3n) is 3.49. The Labute approximate surface area is 124 Å². The minimum Gasteiger partial charge on any atom is -0.339 e. The van der Waals surface area contributed by atoms with E-state index in [1.54, 1.807) is 22.8 Å². The normalized spacial score (nSPS) is 14.4. The van der Waals surface area contributed by atoms with Gasteiger partial charge in [0.15, 0.2) is 0 Å². The lowest BCUT2D eigenvalue weighted by Crippen LogP contribution is -2.50. The molecule has 1 saturated heterocycles. The van der Waals surface area contributed by atoms with Crippen LogP contribution < -0.4 is 5.73 Å². The van der Waals surface area contributed by atoms with Gasteiger partial charge in [-0.05, 0) is 12.1 Å². The number of nitrogens with two attached hydrogens (primary N) is 1. The second-order valence-corrected chi connectivity index (χ2v) is 4.85. The molecule has 1 aromatic rings. The van der Waals surface area contributed by atoms with Gasteiger partial charge >= 0.3 is 0 Å². The smallest absolute Gasteiger partial charge is 0.255 e. The van der Waals surface area contributed by atoms with E-state index in [0.29, 0.717) is 37.3 Å². The van der Waals surface area contributed by atoms with Crippen LogP contribution in [0.4, 0.5) is 0 Å². The van der Waals surface area contributed by atoms with Crippen molar-refractivity contribution in [1.82, 2.24) is 9.80 Å². The van der Waals surface area contributed by atoms with Crippen molar-refractivity contribution in [2.24, 2.45) is 5.73 Å². The molecule has 0 aromatic heterocycles. The largest absolute Gasteiger partial charge is 0.339 e. The highest BCUT2D eigenvalue weighted by Crippen LogP contribution is 2.13. The predicted octanol–water partition coefficient (Wildman–Crippen LogP) is 0.301. The van der Waals surface area contributed by atoms with Crippen molar-refractivity contribution in [1.29, 1.82) is 0 Å². The maximum atomic E-state index is 12.6. The molecule has 2 amide bonds. The molecule has 0 unspecified atom stereocenters. The molecule has 21 heavy (non-hydrogen) atoms. The number of carbonyl (C=O) groups excluding carboxylic acids is 2. The van der Waals surface area contributed by atoms with Crippen LogP contribution in [0.15, 0.2) is 24.3 Å². The van der Waals surface area contributed by atoms with E-state index < -0.39 is 0 Å². The number of nitrogens with zero attached hydrogens (tertiary/aromatic N) is 2. The summed E-state index contributed by atoms with van der Waals surface area (Å²) in [4.78, 5) is 27.4. The van der Waals surface area contributed by atoms with E-state index in [9.17, 15) is 9.59 Å². The summed E-state index contributed by atoms with van der Waals surface area (Å²) in [6.07, 6.45) is 0. The monoisotopic (exact) mass is 285 g/mol. The summed E-state index contributed by atoms with van der Waals surface area (Å²) in [7, 11) is 0. The van der Waals surface area contributed by atoms with E-state index in [1.807, 2.05) is 18.2 Å². The number of hydrogen-bond donors (Lipinski definition) is 1. The van der Waals surface area contributed by atoms with Gasteiger partial charge in [0, 0.05) is 38.7 Å². The van der Waals surface area contributed by atoms with Crippen molar-refractivity contribution in [2.45, 2.75) is 6.92 Å². The van der Waals surface area contributed by atoms with E-state index in [1.165, 1.54) is 0 Å². The molecule has 5 heteroatoms. The van der Waals surface area contributed by atoms with Crippen molar-refractivity contribution in [3.8, 4) is 11.8 Å². The summed E-state index contributed by atoms with van der Waals surface area (Å²) in [5.74, 6) is 5.72. The molecule has 1 aliphatic heterocycles. The summed E-state index contributed by atoms with van der Waals surface area (Å²) in [6, 6.07) is 7.28. The molecule has 1 aliphatic rings. The van der Waals surface area contributed by atoms with Gasteiger partial charge in [0.1, 0.15) is 0 Å². The summed E-state index contributed by atoms with van der Waals surface area (Å²) in [6.45, 7) is 4.08. The molecular formula is C16H19N3O2. The summed E-state index contributed by atoms with van der Waals surface area (Å²) >= 11 is 0. The summed E-state index contributed by atoms with van der Waals surface area (Å²) in [5, 5.41) is 0. The molecule has 0 aliphatic carbocycles. The van der Waals surface area contributed by atoms with E-state index in [4.69, 9.17) is 5.73 Å². The summed E-state index contributed by atoms with van der Waals surface area (Å²) in [5.41, 5.74) is 6.67. The van der Waals surface area contributed by atoms with Crippen molar-refractivity contribution >= 4 is 11.8 Å². The highest BCUT2D eigenvalue weighted by molar-refractivity contribution is 5.97. The van der Waals surface area contributed by atoms with Gasteiger partial charge in [-0.1, -0.05) is 24.0 Å². The number of piperazine rings is 1. The lowest BCUT2D eigenvalue weighted by Gasteiger charge is -2.34. The van der Waals surface area contributed by atoms with Crippen LogP contribution in [0, 0.1) is 11.8 Å². The zero-order valence-electron chi connectivity index (χ0n) is 12.1. The first-order valence-electron chi connectivity index (χ1n) is 6.96. The van der Waals surface area contributed by atoms with Gasteiger partial charge in [-0.2, -0.15) is 0 Å². The number of rotatable bonds is 1. The van der Waals surface area contributed by atoms with E-state index in [-0.39, 0.29) is 18.4 Å². The Morgan fingerprint density at radius 2 is 1.76 bits per heavy atom. The fraction of sp³-hybridized carbons (Fsp3) is 0.375. The Kier molecular flexibility index (Phi) is 4.96. The topological polar surface area (TPSA) is 66.6 Å². The highest BCUT2D eigenvalue weighted by Gasteiger charge is 2.24. The Morgan fingerprint density at radius 3 is 2.38 bits per heavy atom. The molecule has 2 N–H and O–H groups in total. The van der Waals surface area contributed by atoms with Gasteiger partial charge in [-0.15, -0.1) is 0 Å². The first-order valence-corrected chi connectivity index (χ1v) is 6.96. The predicted molar refractivity (Wildman–Crippen MR) is 80.5 cm³/mol. The van der Waals surface area contributed by atoms with Crippen molar-refractivity contribution in [3.63, 3.8) is 0 Å². The average Bonchev–Trinajstić information content (AvgIpc) is 2.52. The Hall–Kier alpha value is -2.32. The van der Waals surface area contributed by atoms with Gasteiger partial charge in [0.05, 0.1) is 12.1 Å². The third-order valence-corrected chi connectivity index (χ3v) is 3.49. The number of amides is 2. The van der Waals surface area contributed by atoms with Crippen LogP contribution in [0.25, 0.3) is 0 Å². The molecule has 0 radical (unpaired) electrons. The molecule has 1 heterocycles. The van der Waals surface area contributed by atoms with Crippen LogP contribution in [0.1, 0.15) is 22.8 Å². The minimum atomic E-state index is -0.0416. The minimum absolute atomic E-state index is 0.0416. The highest BCUT2D eigenvalue weighted by atomic mass is 16.2.